The minimum absolute atomic E-state index is 0.116. The molecule has 0 spiro atoms. The van der Waals surface area contributed by atoms with E-state index in [1.807, 2.05) is 0 Å². The summed E-state index contributed by atoms with van der Waals surface area (Å²) in [6, 6.07) is 0. The Balaban J connectivity index is 3.56. The summed E-state index contributed by atoms with van der Waals surface area (Å²) in [6.07, 6.45) is -1.29. The molecule has 0 fully saturated rings. The summed E-state index contributed by atoms with van der Waals surface area (Å²) >= 11 is 0. The molecule has 4 nitrogen and oxygen atoms in total. The third kappa shape index (κ3) is 3.12. The highest BCUT2D eigenvalue weighted by Gasteiger charge is 2.15. The van der Waals surface area contributed by atoms with E-state index in [-0.39, 0.29) is 13.2 Å². The molecule has 0 heterocycles. The summed E-state index contributed by atoms with van der Waals surface area (Å²) in [6.45, 7) is 2.20. The normalized spacial score (nSPS) is 16.8. The van der Waals surface area contributed by atoms with Crippen LogP contribution in [0.2, 0.25) is 0 Å². The number of ether oxygens (including phenoxy) is 1. The number of hydrogen-bond donors (Lipinski definition) is 3. The average Bonchev–Trinajstić information content (AvgIpc) is 1.99. The van der Waals surface area contributed by atoms with Gasteiger partial charge in [0.2, 0.25) is 0 Å². The highest BCUT2D eigenvalue weighted by atomic mass is 16.5. The van der Waals surface area contributed by atoms with Gasteiger partial charge in [-0.25, -0.2) is 0 Å². The van der Waals surface area contributed by atoms with E-state index in [1.54, 1.807) is 6.92 Å². The Hall–Kier alpha value is -0.160. The van der Waals surface area contributed by atoms with Gasteiger partial charge in [-0.1, -0.05) is 0 Å². The van der Waals surface area contributed by atoms with Crippen LogP contribution in [-0.2, 0) is 4.74 Å². The number of nitrogens with two attached hydrogens (primary N) is 1. The van der Waals surface area contributed by atoms with Gasteiger partial charge in [-0.3, -0.25) is 0 Å². The van der Waals surface area contributed by atoms with Gasteiger partial charge in [0.15, 0.2) is 0 Å². The quantitative estimate of drug-likeness (QED) is 0.454. The lowest BCUT2D eigenvalue weighted by atomic mass is 10.2. The van der Waals surface area contributed by atoms with E-state index in [0.717, 1.165) is 0 Å². The Morgan fingerprint density at radius 1 is 1.60 bits per heavy atom. The zero-order valence-electron chi connectivity index (χ0n) is 6.16. The zero-order valence-corrected chi connectivity index (χ0v) is 6.16. The van der Waals surface area contributed by atoms with Gasteiger partial charge in [0.1, 0.15) is 6.10 Å². The van der Waals surface area contributed by atoms with Crippen LogP contribution in [0.4, 0.5) is 0 Å². The highest BCUT2D eigenvalue weighted by molar-refractivity contribution is 4.67. The number of hydrogen-bond acceptors (Lipinski definition) is 4. The van der Waals surface area contributed by atoms with Crippen LogP contribution in [0.25, 0.3) is 0 Å². The first-order valence-electron chi connectivity index (χ1n) is 3.36. The summed E-state index contributed by atoms with van der Waals surface area (Å²) < 4.78 is 4.96. The average molecular weight is 149 g/mol. The van der Waals surface area contributed by atoms with E-state index in [9.17, 15) is 0 Å². The molecule has 0 bridgehead atoms. The molecule has 4 N–H and O–H groups in total. The summed E-state index contributed by atoms with van der Waals surface area (Å²) in [7, 11) is 0. The Kier molecular flexibility index (Phi) is 5.52. The Bertz CT molecular complexity index is 79.4. The molecule has 2 unspecified atom stereocenters. The van der Waals surface area contributed by atoms with Gasteiger partial charge in [0.25, 0.3) is 0 Å². The van der Waals surface area contributed by atoms with Crippen molar-refractivity contribution in [2.24, 2.45) is 5.73 Å². The van der Waals surface area contributed by atoms with Crippen molar-refractivity contribution >= 4 is 0 Å². The van der Waals surface area contributed by atoms with Crippen LogP contribution in [-0.4, -0.2) is 42.2 Å². The van der Waals surface area contributed by atoms with Gasteiger partial charge < -0.3 is 20.7 Å². The van der Waals surface area contributed by atoms with Crippen LogP contribution in [0.3, 0.4) is 0 Å². The third-order valence-corrected chi connectivity index (χ3v) is 1.23. The van der Waals surface area contributed by atoms with Crippen LogP contribution < -0.4 is 5.73 Å². The Labute approximate surface area is 60.6 Å². The molecule has 62 valence electrons. The van der Waals surface area contributed by atoms with Crippen molar-refractivity contribution in [2.45, 2.75) is 19.1 Å². The van der Waals surface area contributed by atoms with E-state index in [2.05, 4.69) is 0 Å². The van der Waals surface area contributed by atoms with Gasteiger partial charge >= 0.3 is 0 Å². The van der Waals surface area contributed by atoms with Crippen molar-refractivity contribution in [3.05, 3.63) is 0 Å². The van der Waals surface area contributed by atoms with Crippen LogP contribution in [0.5, 0.6) is 0 Å². The maximum Gasteiger partial charge on any atom is 0.108 e. The van der Waals surface area contributed by atoms with Gasteiger partial charge in [-0.2, -0.15) is 0 Å². The molecule has 0 aliphatic carbocycles. The zero-order chi connectivity index (χ0) is 7.98. The molecule has 0 aliphatic heterocycles. The van der Waals surface area contributed by atoms with Crippen molar-refractivity contribution in [3.63, 3.8) is 0 Å². The molecule has 4 heteroatoms. The van der Waals surface area contributed by atoms with Crippen molar-refractivity contribution in [1.82, 2.24) is 0 Å². The molecular formula is C6H15NO3. The SMILES string of the molecule is CCOC(CO)C(O)CN. The molecule has 0 aromatic heterocycles. The van der Waals surface area contributed by atoms with E-state index in [1.165, 1.54) is 0 Å². The van der Waals surface area contributed by atoms with Crippen LogP contribution in [0.1, 0.15) is 6.92 Å². The van der Waals surface area contributed by atoms with Crippen LogP contribution in [0.15, 0.2) is 0 Å². The fraction of sp³-hybridized carbons (Fsp3) is 1.00. The maximum atomic E-state index is 9.04. The highest BCUT2D eigenvalue weighted by Crippen LogP contribution is 1.96. The van der Waals surface area contributed by atoms with E-state index >= 15 is 0 Å². The molecule has 0 aromatic rings. The van der Waals surface area contributed by atoms with E-state index in [4.69, 9.17) is 20.7 Å². The lowest BCUT2D eigenvalue weighted by molar-refractivity contribution is -0.0549. The molecule has 0 aromatic carbocycles. The lowest BCUT2D eigenvalue weighted by Gasteiger charge is -2.18. The smallest absolute Gasteiger partial charge is 0.108 e. The first kappa shape index (κ1) is 9.84. The van der Waals surface area contributed by atoms with Crippen molar-refractivity contribution in [2.75, 3.05) is 19.8 Å². The largest absolute Gasteiger partial charge is 0.394 e. The molecule has 0 radical (unpaired) electrons. The monoisotopic (exact) mass is 149 g/mol. The molecule has 2 atom stereocenters. The van der Waals surface area contributed by atoms with Crippen molar-refractivity contribution in [1.29, 1.82) is 0 Å². The molecule has 0 saturated carbocycles. The van der Waals surface area contributed by atoms with E-state index in [0.29, 0.717) is 6.61 Å². The van der Waals surface area contributed by atoms with Crippen LogP contribution in [0, 0.1) is 0 Å². The number of aliphatic hydroxyl groups excluding tert-OH is 2. The Morgan fingerprint density at radius 3 is 2.50 bits per heavy atom. The molecule has 0 aliphatic rings. The topological polar surface area (TPSA) is 75.7 Å². The van der Waals surface area contributed by atoms with Crippen molar-refractivity contribution < 1.29 is 14.9 Å². The standard InChI is InChI=1S/C6H15NO3/c1-2-10-6(4-8)5(9)3-7/h5-6,8-9H,2-4,7H2,1H3. The van der Waals surface area contributed by atoms with Gasteiger partial charge in [0.05, 0.1) is 12.7 Å². The first-order valence-corrected chi connectivity index (χ1v) is 3.36. The van der Waals surface area contributed by atoms with E-state index < -0.39 is 12.2 Å². The number of aliphatic hydroxyl groups is 2. The fourth-order valence-electron chi connectivity index (χ4n) is 0.651. The molecule has 10 heavy (non-hydrogen) atoms. The van der Waals surface area contributed by atoms with Gasteiger partial charge in [0, 0.05) is 13.2 Å². The molecule has 0 saturated heterocycles. The predicted octanol–water partition coefficient (Wildman–Crippen LogP) is -1.30. The maximum absolute atomic E-state index is 9.04. The Morgan fingerprint density at radius 2 is 2.20 bits per heavy atom. The second-order valence-corrected chi connectivity index (χ2v) is 1.98. The van der Waals surface area contributed by atoms with Gasteiger partial charge in [-0.15, -0.1) is 0 Å². The molecule has 0 rings (SSSR count). The third-order valence-electron chi connectivity index (χ3n) is 1.23. The first-order chi connectivity index (χ1) is 4.76. The second kappa shape index (κ2) is 5.61. The summed E-state index contributed by atoms with van der Waals surface area (Å²) in [5, 5.41) is 17.7. The second-order valence-electron chi connectivity index (χ2n) is 1.98. The number of rotatable bonds is 5. The minimum atomic E-state index is -0.759. The lowest BCUT2D eigenvalue weighted by Crippen LogP contribution is -2.37. The van der Waals surface area contributed by atoms with Crippen molar-refractivity contribution in [3.8, 4) is 0 Å². The molecular weight excluding hydrogens is 134 g/mol. The predicted molar refractivity (Wildman–Crippen MR) is 37.6 cm³/mol. The summed E-state index contributed by atoms with van der Waals surface area (Å²) in [5.41, 5.74) is 5.14. The molecule has 0 amide bonds. The fourth-order valence-corrected chi connectivity index (χ4v) is 0.651. The van der Waals surface area contributed by atoms with Gasteiger partial charge in [-0.05, 0) is 6.92 Å². The summed E-state index contributed by atoms with van der Waals surface area (Å²) in [5.74, 6) is 0. The minimum Gasteiger partial charge on any atom is -0.394 e. The van der Waals surface area contributed by atoms with Crippen LogP contribution >= 0.6 is 0 Å². The summed E-state index contributed by atoms with van der Waals surface area (Å²) in [4.78, 5) is 0.